The second-order valence-corrected chi connectivity index (χ2v) is 4.77. The lowest BCUT2D eigenvalue weighted by molar-refractivity contribution is 0.379. The molecular formula is C13H15ClN4O. The molecule has 2 heterocycles. The lowest BCUT2D eigenvalue weighted by Gasteiger charge is -2.13. The summed E-state index contributed by atoms with van der Waals surface area (Å²) in [7, 11) is 3.93. The molecule has 100 valence electrons. The maximum atomic E-state index is 5.82. The Balaban J connectivity index is 2.27. The van der Waals surface area contributed by atoms with Gasteiger partial charge in [-0.3, -0.25) is 4.98 Å². The molecule has 5 nitrogen and oxygen atoms in total. The SMILES string of the molecule is CN(C)Cc1ncccc1Oc1ncc(Cl)cc1N. The summed E-state index contributed by atoms with van der Waals surface area (Å²) < 4.78 is 5.71. The van der Waals surface area contributed by atoms with Crippen LogP contribution in [0.4, 0.5) is 5.69 Å². The highest BCUT2D eigenvalue weighted by molar-refractivity contribution is 6.30. The van der Waals surface area contributed by atoms with E-state index >= 15 is 0 Å². The summed E-state index contributed by atoms with van der Waals surface area (Å²) in [6.45, 7) is 0.670. The van der Waals surface area contributed by atoms with Gasteiger partial charge in [-0.15, -0.1) is 0 Å². The highest BCUT2D eigenvalue weighted by atomic mass is 35.5. The summed E-state index contributed by atoms with van der Waals surface area (Å²) in [4.78, 5) is 10.4. The van der Waals surface area contributed by atoms with E-state index in [1.54, 1.807) is 18.3 Å². The fourth-order valence-electron chi connectivity index (χ4n) is 1.57. The summed E-state index contributed by atoms with van der Waals surface area (Å²) in [5, 5.41) is 0.476. The molecule has 2 rings (SSSR count). The second kappa shape index (κ2) is 5.86. The lowest BCUT2D eigenvalue weighted by atomic mass is 10.3. The van der Waals surface area contributed by atoms with Crippen molar-refractivity contribution in [2.45, 2.75) is 6.54 Å². The van der Waals surface area contributed by atoms with Crippen LogP contribution in [0.5, 0.6) is 11.6 Å². The molecule has 6 heteroatoms. The zero-order valence-electron chi connectivity index (χ0n) is 10.8. The van der Waals surface area contributed by atoms with E-state index in [2.05, 4.69) is 9.97 Å². The lowest BCUT2D eigenvalue weighted by Crippen LogP contribution is -2.12. The molecule has 0 amide bonds. The molecule has 0 aliphatic carbocycles. The molecule has 2 aromatic heterocycles. The van der Waals surface area contributed by atoms with Crippen LogP contribution in [0.2, 0.25) is 5.02 Å². The quantitative estimate of drug-likeness (QED) is 0.931. The summed E-state index contributed by atoms with van der Waals surface area (Å²) in [5.41, 5.74) is 7.04. The van der Waals surface area contributed by atoms with Gasteiger partial charge in [-0.1, -0.05) is 11.6 Å². The predicted molar refractivity (Wildman–Crippen MR) is 75.4 cm³/mol. The van der Waals surface area contributed by atoms with E-state index in [9.17, 15) is 0 Å². The number of hydrogen-bond acceptors (Lipinski definition) is 5. The van der Waals surface area contributed by atoms with E-state index < -0.39 is 0 Å². The molecule has 0 aliphatic heterocycles. The first-order chi connectivity index (χ1) is 9.06. The van der Waals surface area contributed by atoms with Crippen molar-refractivity contribution >= 4 is 17.3 Å². The minimum atomic E-state index is 0.331. The zero-order valence-corrected chi connectivity index (χ0v) is 11.6. The number of hydrogen-bond donors (Lipinski definition) is 1. The van der Waals surface area contributed by atoms with Crippen LogP contribution in [0.3, 0.4) is 0 Å². The van der Waals surface area contributed by atoms with Crippen molar-refractivity contribution in [3.8, 4) is 11.6 Å². The van der Waals surface area contributed by atoms with E-state index in [0.717, 1.165) is 5.69 Å². The molecule has 0 aliphatic rings. The molecule has 0 aromatic carbocycles. The van der Waals surface area contributed by atoms with Crippen LogP contribution in [-0.2, 0) is 6.54 Å². The van der Waals surface area contributed by atoms with Gasteiger partial charge in [0.2, 0.25) is 5.88 Å². The van der Waals surface area contributed by atoms with Crippen molar-refractivity contribution in [3.05, 3.63) is 41.3 Å². The molecule has 0 saturated heterocycles. The number of nitrogen functional groups attached to an aromatic ring is 1. The van der Waals surface area contributed by atoms with Crippen LogP contribution >= 0.6 is 11.6 Å². The third-order valence-corrected chi connectivity index (χ3v) is 2.57. The van der Waals surface area contributed by atoms with Gasteiger partial charge in [0.1, 0.15) is 0 Å². The molecule has 0 atom stereocenters. The Hall–Kier alpha value is -1.85. The van der Waals surface area contributed by atoms with Gasteiger partial charge in [-0.05, 0) is 32.3 Å². The average Bonchev–Trinajstić information content (AvgIpc) is 2.34. The third kappa shape index (κ3) is 3.56. The zero-order chi connectivity index (χ0) is 13.8. The molecule has 2 N–H and O–H groups in total. The van der Waals surface area contributed by atoms with Crippen LogP contribution in [0.15, 0.2) is 30.6 Å². The van der Waals surface area contributed by atoms with Gasteiger partial charge in [-0.2, -0.15) is 0 Å². The van der Waals surface area contributed by atoms with Crippen LogP contribution in [0.25, 0.3) is 0 Å². The summed E-state index contributed by atoms with van der Waals surface area (Å²) >= 11 is 5.80. The Bertz CT molecular complexity index is 574. The van der Waals surface area contributed by atoms with E-state index in [-0.39, 0.29) is 0 Å². The smallest absolute Gasteiger partial charge is 0.242 e. The van der Waals surface area contributed by atoms with Crippen molar-refractivity contribution in [2.24, 2.45) is 0 Å². The Morgan fingerprint density at radius 2 is 2.16 bits per heavy atom. The van der Waals surface area contributed by atoms with Crippen molar-refractivity contribution in [2.75, 3.05) is 19.8 Å². The number of anilines is 1. The van der Waals surface area contributed by atoms with Crippen LogP contribution in [0, 0.1) is 0 Å². The average molecular weight is 279 g/mol. The largest absolute Gasteiger partial charge is 0.435 e. The van der Waals surface area contributed by atoms with Crippen molar-refractivity contribution in [3.63, 3.8) is 0 Å². The highest BCUT2D eigenvalue weighted by Crippen LogP contribution is 2.28. The first-order valence-corrected chi connectivity index (χ1v) is 6.11. The molecule has 0 unspecified atom stereocenters. The number of halogens is 1. The van der Waals surface area contributed by atoms with E-state index in [1.807, 2.05) is 25.1 Å². The molecule has 0 saturated carbocycles. The monoisotopic (exact) mass is 278 g/mol. The van der Waals surface area contributed by atoms with E-state index in [0.29, 0.717) is 28.9 Å². The Morgan fingerprint density at radius 1 is 1.37 bits per heavy atom. The van der Waals surface area contributed by atoms with Gasteiger partial charge in [0.25, 0.3) is 0 Å². The van der Waals surface area contributed by atoms with Gasteiger partial charge in [0.15, 0.2) is 5.75 Å². The normalized spacial score (nSPS) is 10.7. The highest BCUT2D eigenvalue weighted by Gasteiger charge is 2.10. The number of ether oxygens (including phenoxy) is 1. The Labute approximate surface area is 117 Å². The fraction of sp³-hybridized carbons (Fsp3) is 0.231. The maximum absolute atomic E-state index is 5.82. The van der Waals surface area contributed by atoms with Crippen LogP contribution in [-0.4, -0.2) is 29.0 Å². The first kappa shape index (κ1) is 13.6. The molecule has 0 spiro atoms. The number of rotatable bonds is 4. The number of nitrogens with zero attached hydrogens (tertiary/aromatic N) is 3. The van der Waals surface area contributed by atoms with Crippen molar-refractivity contribution < 1.29 is 4.74 Å². The second-order valence-electron chi connectivity index (χ2n) is 4.34. The van der Waals surface area contributed by atoms with Gasteiger partial charge in [0.05, 0.1) is 16.4 Å². The minimum Gasteiger partial charge on any atom is -0.435 e. The Morgan fingerprint density at radius 3 is 2.84 bits per heavy atom. The van der Waals surface area contributed by atoms with Crippen molar-refractivity contribution in [1.29, 1.82) is 0 Å². The summed E-state index contributed by atoms with van der Waals surface area (Å²) in [6.07, 6.45) is 3.22. The summed E-state index contributed by atoms with van der Waals surface area (Å²) in [6, 6.07) is 5.24. The van der Waals surface area contributed by atoms with Crippen LogP contribution in [0.1, 0.15) is 5.69 Å². The standard InChI is InChI=1S/C13H15ClN4O/c1-18(2)8-11-12(4-3-5-16-11)19-13-10(15)6-9(14)7-17-13/h3-7H,8,15H2,1-2H3. The molecule has 19 heavy (non-hydrogen) atoms. The predicted octanol–water partition coefficient (Wildman–Crippen LogP) is 2.57. The molecule has 0 bridgehead atoms. The fourth-order valence-corrected chi connectivity index (χ4v) is 1.73. The molecular weight excluding hydrogens is 264 g/mol. The van der Waals surface area contributed by atoms with E-state index in [1.165, 1.54) is 6.20 Å². The number of pyridine rings is 2. The van der Waals surface area contributed by atoms with Gasteiger partial charge in [0, 0.05) is 18.9 Å². The Kier molecular flexibility index (Phi) is 4.19. The topological polar surface area (TPSA) is 64.3 Å². The number of nitrogens with two attached hydrogens (primary N) is 1. The van der Waals surface area contributed by atoms with Gasteiger partial charge in [-0.25, -0.2) is 4.98 Å². The van der Waals surface area contributed by atoms with Gasteiger partial charge < -0.3 is 15.4 Å². The van der Waals surface area contributed by atoms with E-state index in [4.69, 9.17) is 22.1 Å². The molecule has 2 aromatic rings. The molecule has 0 fully saturated rings. The van der Waals surface area contributed by atoms with Gasteiger partial charge >= 0.3 is 0 Å². The van der Waals surface area contributed by atoms with Crippen LogP contribution < -0.4 is 10.5 Å². The summed E-state index contributed by atoms with van der Waals surface area (Å²) in [5.74, 6) is 0.968. The minimum absolute atomic E-state index is 0.331. The maximum Gasteiger partial charge on any atom is 0.242 e. The number of aromatic nitrogens is 2. The third-order valence-electron chi connectivity index (χ3n) is 2.37. The molecule has 0 radical (unpaired) electrons. The first-order valence-electron chi connectivity index (χ1n) is 5.74. The van der Waals surface area contributed by atoms with Crippen molar-refractivity contribution in [1.82, 2.24) is 14.9 Å².